The Labute approximate surface area is 87.3 Å². The topological polar surface area (TPSA) is 72.3 Å². The predicted molar refractivity (Wildman–Crippen MR) is 56.2 cm³/mol. The SMILES string of the molecule is CC(N)c1oncc1-c1cccc(O)c1. The Balaban J connectivity index is 2.49. The van der Waals surface area contributed by atoms with Crippen molar-refractivity contribution in [2.75, 3.05) is 0 Å². The molecule has 78 valence electrons. The lowest BCUT2D eigenvalue weighted by atomic mass is 10.0. The minimum Gasteiger partial charge on any atom is -0.508 e. The third-order valence-electron chi connectivity index (χ3n) is 2.17. The number of rotatable bonds is 2. The van der Waals surface area contributed by atoms with E-state index in [2.05, 4.69) is 5.16 Å². The van der Waals surface area contributed by atoms with Crippen LogP contribution >= 0.6 is 0 Å². The predicted octanol–water partition coefficient (Wildman–Crippen LogP) is 2.07. The van der Waals surface area contributed by atoms with Crippen molar-refractivity contribution in [2.45, 2.75) is 13.0 Å². The summed E-state index contributed by atoms with van der Waals surface area (Å²) in [4.78, 5) is 0. The lowest BCUT2D eigenvalue weighted by molar-refractivity contribution is 0.368. The molecule has 2 aromatic rings. The summed E-state index contributed by atoms with van der Waals surface area (Å²) in [6.07, 6.45) is 1.60. The number of phenolic OH excluding ortho intramolecular Hbond substituents is 1. The number of hydrogen-bond acceptors (Lipinski definition) is 4. The number of nitrogens with zero attached hydrogens (tertiary/aromatic N) is 1. The first-order valence-electron chi connectivity index (χ1n) is 4.68. The summed E-state index contributed by atoms with van der Waals surface area (Å²) in [6.45, 7) is 1.83. The Kier molecular flexibility index (Phi) is 2.43. The molecule has 0 aliphatic heterocycles. The Morgan fingerprint density at radius 3 is 2.93 bits per heavy atom. The van der Waals surface area contributed by atoms with Gasteiger partial charge in [0.15, 0.2) is 5.76 Å². The van der Waals surface area contributed by atoms with Gasteiger partial charge in [-0.15, -0.1) is 0 Å². The van der Waals surface area contributed by atoms with E-state index in [1.807, 2.05) is 13.0 Å². The average molecular weight is 204 g/mol. The first kappa shape index (κ1) is 9.73. The summed E-state index contributed by atoms with van der Waals surface area (Å²) in [5.41, 5.74) is 7.41. The van der Waals surface area contributed by atoms with Crippen molar-refractivity contribution < 1.29 is 9.63 Å². The van der Waals surface area contributed by atoms with Gasteiger partial charge in [0.2, 0.25) is 0 Å². The zero-order chi connectivity index (χ0) is 10.8. The number of aromatic hydroxyl groups is 1. The first-order valence-corrected chi connectivity index (χ1v) is 4.68. The molecule has 0 bridgehead atoms. The van der Waals surface area contributed by atoms with Crippen molar-refractivity contribution in [2.24, 2.45) is 5.73 Å². The second-order valence-corrected chi connectivity index (χ2v) is 3.44. The van der Waals surface area contributed by atoms with Crippen LogP contribution in [0.4, 0.5) is 0 Å². The van der Waals surface area contributed by atoms with Crippen LogP contribution in [0.3, 0.4) is 0 Å². The van der Waals surface area contributed by atoms with E-state index < -0.39 is 0 Å². The molecule has 1 atom stereocenters. The average Bonchev–Trinajstić information content (AvgIpc) is 2.65. The highest BCUT2D eigenvalue weighted by Gasteiger charge is 2.13. The van der Waals surface area contributed by atoms with E-state index in [1.165, 1.54) is 0 Å². The molecule has 1 aromatic carbocycles. The Morgan fingerprint density at radius 2 is 2.27 bits per heavy atom. The Hall–Kier alpha value is -1.81. The lowest BCUT2D eigenvalue weighted by Crippen LogP contribution is -2.04. The van der Waals surface area contributed by atoms with Crippen molar-refractivity contribution in [3.8, 4) is 16.9 Å². The summed E-state index contributed by atoms with van der Waals surface area (Å²) in [6, 6.07) is 6.69. The van der Waals surface area contributed by atoms with Crippen LogP contribution in [0.15, 0.2) is 35.0 Å². The second-order valence-electron chi connectivity index (χ2n) is 3.44. The highest BCUT2D eigenvalue weighted by atomic mass is 16.5. The molecule has 0 radical (unpaired) electrons. The smallest absolute Gasteiger partial charge is 0.160 e. The van der Waals surface area contributed by atoms with Crippen LogP contribution < -0.4 is 5.73 Å². The van der Waals surface area contributed by atoms with Gasteiger partial charge in [-0.05, 0) is 24.6 Å². The van der Waals surface area contributed by atoms with Gasteiger partial charge in [-0.1, -0.05) is 17.3 Å². The summed E-state index contributed by atoms with van der Waals surface area (Å²) in [5.74, 6) is 0.838. The van der Waals surface area contributed by atoms with Crippen LogP contribution in [0.1, 0.15) is 18.7 Å². The quantitative estimate of drug-likeness (QED) is 0.785. The zero-order valence-corrected chi connectivity index (χ0v) is 8.34. The van der Waals surface area contributed by atoms with Gasteiger partial charge >= 0.3 is 0 Å². The van der Waals surface area contributed by atoms with Crippen molar-refractivity contribution >= 4 is 0 Å². The van der Waals surface area contributed by atoms with Gasteiger partial charge < -0.3 is 15.4 Å². The number of hydrogen-bond donors (Lipinski definition) is 2. The molecule has 1 heterocycles. The lowest BCUT2D eigenvalue weighted by Gasteiger charge is -2.04. The molecule has 15 heavy (non-hydrogen) atoms. The third-order valence-corrected chi connectivity index (χ3v) is 2.17. The molecule has 0 saturated heterocycles. The minimum absolute atomic E-state index is 0.212. The first-order chi connectivity index (χ1) is 7.18. The molecule has 0 amide bonds. The summed E-state index contributed by atoms with van der Waals surface area (Å²) >= 11 is 0. The van der Waals surface area contributed by atoms with Crippen molar-refractivity contribution in [3.05, 3.63) is 36.2 Å². The largest absolute Gasteiger partial charge is 0.508 e. The molecule has 0 fully saturated rings. The van der Waals surface area contributed by atoms with E-state index in [0.29, 0.717) is 5.76 Å². The van der Waals surface area contributed by atoms with Crippen molar-refractivity contribution in [3.63, 3.8) is 0 Å². The molecule has 3 N–H and O–H groups in total. The van der Waals surface area contributed by atoms with E-state index in [1.54, 1.807) is 24.4 Å². The molecule has 1 unspecified atom stereocenters. The maximum absolute atomic E-state index is 9.36. The fourth-order valence-corrected chi connectivity index (χ4v) is 1.47. The molecule has 1 aromatic heterocycles. The van der Waals surface area contributed by atoms with Crippen LogP contribution in [-0.2, 0) is 0 Å². The molecule has 0 spiro atoms. The normalized spacial score (nSPS) is 12.7. The molecule has 0 aliphatic rings. The molecule has 0 aliphatic carbocycles. The van der Waals surface area contributed by atoms with Gasteiger partial charge in [-0.25, -0.2) is 0 Å². The van der Waals surface area contributed by atoms with Crippen molar-refractivity contribution in [1.82, 2.24) is 5.16 Å². The van der Waals surface area contributed by atoms with Crippen LogP contribution in [0, 0.1) is 0 Å². The summed E-state index contributed by atoms with van der Waals surface area (Å²) < 4.78 is 5.06. The van der Waals surface area contributed by atoms with Crippen LogP contribution in [0.25, 0.3) is 11.1 Å². The molecular weight excluding hydrogens is 192 g/mol. The Bertz CT molecular complexity index is 463. The van der Waals surface area contributed by atoms with Gasteiger partial charge in [0.05, 0.1) is 12.2 Å². The van der Waals surface area contributed by atoms with Crippen LogP contribution in [0.2, 0.25) is 0 Å². The van der Waals surface area contributed by atoms with Gasteiger partial charge in [-0.2, -0.15) is 0 Å². The standard InChI is InChI=1S/C11H12N2O2/c1-7(12)11-10(6-13-15-11)8-3-2-4-9(14)5-8/h2-7,14H,12H2,1H3. The zero-order valence-electron chi connectivity index (χ0n) is 8.34. The summed E-state index contributed by atoms with van der Waals surface area (Å²) in [7, 11) is 0. The Morgan fingerprint density at radius 1 is 1.47 bits per heavy atom. The van der Waals surface area contributed by atoms with Gasteiger partial charge in [-0.3, -0.25) is 0 Å². The van der Waals surface area contributed by atoms with Gasteiger partial charge in [0.25, 0.3) is 0 Å². The van der Waals surface area contributed by atoms with E-state index in [0.717, 1.165) is 11.1 Å². The maximum atomic E-state index is 9.36. The summed E-state index contributed by atoms with van der Waals surface area (Å²) in [5, 5.41) is 13.1. The van der Waals surface area contributed by atoms with Crippen molar-refractivity contribution in [1.29, 1.82) is 0 Å². The molecule has 4 heteroatoms. The van der Waals surface area contributed by atoms with Crippen LogP contribution in [0.5, 0.6) is 5.75 Å². The fraction of sp³-hybridized carbons (Fsp3) is 0.182. The monoisotopic (exact) mass is 204 g/mol. The maximum Gasteiger partial charge on any atom is 0.160 e. The molecular formula is C11H12N2O2. The van der Waals surface area contributed by atoms with E-state index >= 15 is 0 Å². The number of phenols is 1. The highest BCUT2D eigenvalue weighted by molar-refractivity contribution is 5.66. The fourth-order valence-electron chi connectivity index (χ4n) is 1.47. The van der Waals surface area contributed by atoms with Gasteiger partial charge in [0, 0.05) is 5.56 Å². The number of benzene rings is 1. The van der Waals surface area contributed by atoms with Gasteiger partial charge in [0.1, 0.15) is 5.75 Å². The second kappa shape index (κ2) is 3.74. The van der Waals surface area contributed by atoms with E-state index in [4.69, 9.17) is 10.3 Å². The minimum atomic E-state index is -0.218. The molecule has 0 saturated carbocycles. The van der Waals surface area contributed by atoms with Crippen LogP contribution in [-0.4, -0.2) is 10.3 Å². The molecule has 2 rings (SSSR count). The number of aromatic nitrogens is 1. The highest BCUT2D eigenvalue weighted by Crippen LogP contribution is 2.28. The number of nitrogens with two attached hydrogens (primary N) is 1. The van der Waals surface area contributed by atoms with E-state index in [-0.39, 0.29) is 11.8 Å². The molecule has 4 nitrogen and oxygen atoms in total. The van der Waals surface area contributed by atoms with E-state index in [9.17, 15) is 5.11 Å². The third kappa shape index (κ3) is 1.85.